The molecule has 22 heavy (non-hydrogen) atoms. The predicted octanol–water partition coefficient (Wildman–Crippen LogP) is 4.15. The SMILES string of the molecule is CCOc1cc(Br)c(CNCCCOC(C)C)cc1OCC. The molecule has 4 nitrogen and oxygen atoms in total. The maximum atomic E-state index is 5.66. The fraction of sp³-hybridized carbons (Fsp3) is 0.647. The molecule has 0 aliphatic heterocycles. The molecule has 5 heteroatoms. The molecular formula is C17H28BrNO3. The van der Waals surface area contributed by atoms with Gasteiger partial charge in [-0.15, -0.1) is 0 Å². The molecule has 0 heterocycles. The Bertz CT molecular complexity index is 438. The second-order valence-electron chi connectivity index (χ2n) is 5.21. The third-order valence-corrected chi connectivity index (χ3v) is 3.72. The normalized spacial score (nSPS) is 11.0. The van der Waals surface area contributed by atoms with Crippen LogP contribution in [0, 0.1) is 0 Å². The van der Waals surface area contributed by atoms with Crippen LogP contribution in [0.15, 0.2) is 16.6 Å². The maximum absolute atomic E-state index is 5.66. The van der Waals surface area contributed by atoms with Crippen LogP contribution in [0.5, 0.6) is 11.5 Å². The predicted molar refractivity (Wildman–Crippen MR) is 93.9 cm³/mol. The molecule has 1 aromatic carbocycles. The van der Waals surface area contributed by atoms with Crippen LogP contribution in [-0.2, 0) is 11.3 Å². The molecule has 0 amide bonds. The summed E-state index contributed by atoms with van der Waals surface area (Å²) in [5.74, 6) is 1.58. The van der Waals surface area contributed by atoms with Crippen LogP contribution in [0.4, 0.5) is 0 Å². The van der Waals surface area contributed by atoms with E-state index in [1.54, 1.807) is 0 Å². The summed E-state index contributed by atoms with van der Waals surface area (Å²) < 4.78 is 17.8. The molecule has 0 aromatic heterocycles. The van der Waals surface area contributed by atoms with Gasteiger partial charge in [0.25, 0.3) is 0 Å². The zero-order valence-electron chi connectivity index (χ0n) is 14.1. The van der Waals surface area contributed by atoms with Gasteiger partial charge in [-0.05, 0) is 58.4 Å². The van der Waals surface area contributed by atoms with E-state index in [2.05, 4.69) is 35.1 Å². The Hall–Kier alpha value is -0.780. The summed E-state index contributed by atoms with van der Waals surface area (Å²) in [7, 11) is 0. The van der Waals surface area contributed by atoms with Crippen LogP contribution in [-0.4, -0.2) is 32.5 Å². The highest BCUT2D eigenvalue weighted by Gasteiger charge is 2.10. The summed E-state index contributed by atoms with van der Waals surface area (Å²) in [6.45, 7) is 11.8. The van der Waals surface area contributed by atoms with Crippen molar-refractivity contribution in [1.82, 2.24) is 5.32 Å². The van der Waals surface area contributed by atoms with Crippen molar-refractivity contribution < 1.29 is 14.2 Å². The fourth-order valence-corrected chi connectivity index (χ4v) is 2.45. The highest BCUT2D eigenvalue weighted by molar-refractivity contribution is 9.10. The van der Waals surface area contributed by atoms with E-state index in [1.807, 2.05) is 26.0 Å². The zero-order valence-corrected chi connectivity index (χ0v) is 15.7. The number of benzene rings is 1. The first-order valence-corrected chi connectivity index (χ1v) is 8.78. The molecule has 0 bridgehead atoms. The van der Waals surface area contributed by atoms with Crippen LogP contribution in [0.1, 0.15) is 39.7 Å². The summed E-state index contributed by atoms with van der Waals surface area (Å²) in [4.78, 5) is 0. The summed E-state index contributed by atoms with van der Waals surface area (Å²) >= 11 is 3.60. The van der Waals surface area contributed by atoms with Gasteiger partial charge in [0.15, 0.2) is 11.5 Å². The van der Waals surface area contributed by atoms with E-state index >= 15 is 0 Å². The average Bonchev–Trinajstić information content (AvgIpc) is 2.46. The van der Waals surface area contributed by atoms with E-state index in [0.29, 0.717) is 19.3 Å². The Kier molecular flexibility index (Phi) is 9.52. The van der Waals surface area contributed by atoms with Gasteiger partial charge < -0.3 is 19.5 Å². The molecule has 1 aromatic rings. The van der Waals surface area contributed by atoms with Crippen LogP contribution >= 0.6 is 15.9 Å². The molecule has 0 spiro atoms. The summed E-state index contributed by atoms with van der Waals surface area (Å²) in [5.41, 5.74) is 1.16. The second-order valence-corrected chi connectivity index (χ2v) is 6.06. The number of ether oxygens (including phenoxy) is 3. The molecule has 0 saturated heterocycles. The van der Waals surface area contributed by atoms with Gasteiger partial charge in [0.05, 0.1) is 19.3 Å². The third kappa shape index (κ3) is 6.99. The quantitative estimate of drug-likeness (QED) is 0.591. The van der Waals surface area contributed by atoms with E-state index in [1.165, 1.54) is 0 Å². The number of rotatable bonds is 11. The number of nitrogens with one attached hydrogen (secondary N) is 1. The minimum atomic E-state index is 0.300. The highest BCUT2D eigenvalue weighted by Crippen LogP contribution is 2.33. The lowest BCUT2D eigenvalue weighted by Crippen LogP contribution is -2.17. The Labute approximate surface area is 142 Å². The lowest BCUT2D eigenvalue weighted by molar-refractivity contribution is 0.0770. The first-order valence-electron chi connectivity index (χ1n) is 7.98. The van der Waals surface area contributed by atoms with Crippen LogP contribution in [0.25, 0.3) is 0 Å². The Morgan fingerprint density at radius 1 is 1.09 bits per heavy atom. The van der Waals surface area contributed by atoms with E-state index in [0.717, 1.165) is 47.7 Å². The molecule has 1 N–H and O–H groups in total. The van der Waals surface area contributed by atoms with Crippen molar-refractivity contribution in [3.8, 4) is 11.5 Å². The minimum Gasteiger partial charge on any atom is -0.490 e. The monoisotopic (exact) mass is 373 g/mol. The van der Waals surface area contributed by atoms with Gasteiger partial charge in [-0.1, -0.05) is 15.9 Å². The number of hydrogen-bond acceptors (Lipinski definition) is 4. The van der Waals surface area contributed by atoms with Crippen molar-refractivity contribution in [2.45, 2.75) is 46.8 Å². The molecule has 1 rings (SSSR count). The molecule has 0 atom stereocenters. The van der Waals surface area contributed by atoms with E-state index in [-0.39, 0.29) is 0 Å². The Balaban J connectivity index is 2.53. The van der Waals surface area contributed by atoms with Gasteiger partial charge in [0, 0.05) is 17.6 Å². The van der Waals surface area contributed by atoms with Crippen LogP contribution in [0.2, 0.25) is 0 Å². The standard InChI is InChI=1S/C17H28BrNO3/c1-5-20-16-10-14(15(18)11-17(16)21-6-2)12-19-8-7-9-22-13(3)4/h10-11,13,19H,5-9,12H2,1-4H3. The van der Waals surface area contributed by atoms with Crippen molar-refractivity contribution in [1.29, 1.82) is 0 Å². The molecule has 0 aliphatic carbocycles. The number of hydrogen-bond donors (Lipinski definition) is 1. The van der Waals surface area contributed by atoms with Crippen molar-refractivity contribution in [2.24, 2.45) is 0 Å². The maximum Gasteiger partial charge on any atom is 0.162 e. The van der Waals surface area contributed by atoms with Crippen molar-refractivity contribution in [3.63, 3.8) is 0 Å². The van der Waals surface area contributed by atoms with Crippen molar-refractivity contribution in [3.05, 3.63) is 22.2 Å². The Morgan fingerprint density at radius 3 is 2.32 bits per heavy atom. The van der Waals surface area contributed by atoms with Gasteiger partial charge in [-0.2, -0.15) is 0 Å². The van der Waals surface area contributed by atoms with Gasteiger partial charge in [0.1, 0.15) is 0 Å². The van der Waals surface area contributed by atoms with Crippen molar-refractivity contribution >= 4 is 15.9 Å². The molecule has 0 radical (unpaired) electrons. The van der Waals surface area contributed by atoms with Gasteiger partial charge in [0.2, 0.25) is 0 Å². The lowest BCUT2D eigenvalue weighted by atomic mass is 10.2. The zero-order chi connectivity index (χ0) is 16.4. The Morgan fingerprint density at radius 2 is 1.73 bits per heavy atom. The fourth-order valence-electron chi connectivity index (χ4n) is 1.99. The van der Waals surface area contributed by atoms with Gasteiger partial charge in [-0.25, -0.2) is 0 Å². The first-order chi connectivity index (χ1) is 10.6. The van der Waals surface area contributed by atoms with Gasteiger partial charge in [-0.3, -0.25) is 0 Å². The third-order valence-electron chi connectivity index (χ3n) is 2.98. The summed E-state index contributed by atoms with van der Waals surface area (Å²) in [6.07, 6.45) is 1.31. The van der Waals surface area contributed by atoms with Crippen LogP contribution < -0.4 is 14.8 Å². The van der Waals surface area contributed by atoms with E-state index in [4.69, 9.17) is 14.2 Å². The molecule has 126 valence electrons. The molecule has 0 aliphatic rings. The summed E-state index contributed by atoms with van der Waals surface area (Å²) in [6, 6.07) is 4.02. The second kappa shape index (κ2) is 10.9. The molecule has 0 unspecified atom stereocenters. The van der Waals surface area contributed by atoms with E-state index < -0.39 is 0 Å². The topological polar surface area (TPSA) is 39.7 Å². The van der Waals surface area contributed by atoms with Crippen molar-refractivity contribution in [2.75, 3.05) is 26.4 Å². The lowest BCUT2D eigenvalue weighted by Gasteiger charge is -2.15. The molecular weight excluding hydrogens is 346 g/mol. The smallest absolute Gasteiger partial charge is 0.162 e. The largest absolute Gasteiger partial charge is 0.490 e. The molecule has 0 saturated carbocycles. The molecule has 0 fully saturated rings. The van der Waals surface area contributed by atoms with Gasteiger partial charge >= 0.3 is 0 Å². The van der Waals surface area contributed by atoms with E-state index in [9.17, 15) is 0 Å². The average molecular weight is 374 g/mol. The highest BCUT2D eigenvalue weighted by atomic mass is 79.9. The minimum absolute atomic E-state index is 0.300. The number of halogens is 1. The first kappa shape index (κ1) is 19.3. The van der Waals surface area contributed by atoms with Crippen LogP contribution in [0.3, 0.4) is 0 Å². The summed E-state index contributed by atoms with van der Waals surface area (Å²) in [5, 5.41) is 3.43.